The van der Waals surface area contributed by atoms with Crippen molar-refractivity contribution < 1.29 is 4.42 Å². The highest BCUT2D eigenvalue weighted by molar-refractivity contribution is 7.22. The molecule has 0 aliphatic heterocycles. The number of aryl methyl sites for hydroxylation is 2. The minimum Gasteiger partial charge on any atom is -0.463 e. The molecule has 0 bridgehead atoms. The van der Waals surface area contributed by atoms with Crippen molar-refractivity contribution in [3.63, 3.8) is 0 Å². The van der Waals surface area contributed by atoms with Crippen LogP contribution in [-0.4, -0.2) is 9.97 Å². The van der Waals surface area contributed by atoms with Crippen LogP contribution in [0.4, 0.5) is 0 Å². The molecular formula is C18H13N2OS. The van der Waals surface area contributed by atoms with Crippen molar-refractivity contribution in [1.29, 1.82) is 0 Å². The SMILES string of the molecule is Cc1n[c]c2c(-c3ccccc3C)c(-c3ccco3)sc2n1. The molecule has 4 aromatic rings. The number of aromatic nitrogens is 2. The standard InChI is InChI=1S/C18H13N2OS/c1-11-6-3-4-7-13(11)16-14-10-19-12(2)20-18(14)22-17(16)15-8-5-9-21-15/h3-9H,1-2H3. The predicted molar refractivity (Wildman–Crippen MR) is 88.9 cm³/mol. The zero-order valence-electron chi connectivity index (χ0n) is 12.3. The summed E-state index contributed by atoms with van der Waals surface area (Å²) in [6.07, 6.45) is 4.85. The van der Waals surface area contributed by atoms with Crippen LogP contribution in [0, 0.1) is 20.0 Å². The average molecular weight is 305 g/mol. The Hall–Kier alpha value is -2.46. The molecule has 107 valence electrons. The van der Waals surface area contributed by atoms with Crippen LogP contribution >= 0.6 is 11.3 Å². The van der Waals surface area contributed by atoms with E-state index < -0.39 is 0 Å². The first-order valence-electron chi connectivity index (χ1n) is 7.03. The second-order valence-electron chi connectivity index (χ2n) is 5.16. The highest BCUT2D eigenvalue weighted by atomic mass is 32.1. The molecule has 0 aliphatic carbocycles. The summed E-state index contributed by atoms with van der Waals surface area (Å²) < 4.78 is 5.63. The monoisotopic (exact) mass is 305 g/mol. The highest BCUT2D eigenvalue weighted by Gasteiger charge is 2.20. The molecule has 0 aliphatic rings. The zero-order chi connectivity index (χ0) is 15.1. The van der Waals surface area contributed by atoms with Gasteiger partial charge in [0.1, 0.15) is 22.6 Å². The highest BCUT2D eigenvalue weighted by Crippen LogP contribution is 2.44. The third-order valence-corrected chi connectivity index (χ3v) is 4.74. The Morgan fingerprint density at radius 1 is 1.09 bits per heavy atom. The van der Waals surface area contributed by atoms with Gasteiger partial charge in [0.2, 0.25) is 0 Å². The average Bonchev–Trinajstić information content (AvgIpc) is 3.14. The summed E-state index contributed by atoms with van der Waals surface area (Å²) in [5, 5.41) is 0.955. The van der Waals surface area contributed by atoms with E-state index in [-0.39, 0.29) is 0 Å². The number of hydrogen-bond donors (Lipinski definition) is 0. The molecule has 0 amide bonds. The molecule has 0 spiro atoms. The maximum atomic E-state index is 5.63. The number of nitrogens with zero attached hydrogens (tertiary/aromatic N) is 2. The first-order valence-corrected chi connectivity index (χ1v) is 7.84. The lowest BCUT2D eigenvalue weighted by atomic mass is 9.98. The number of rotatable bonds is 2. The lowest BCUT2D eigenvalue weighted by Crippen LogP contribution is -1.87. The van der Waals surface area contributed by atoms with Gasteiger partial charge in [0, 0.05) is 10.9 Å². The van der Waals surface area contributed by atoms with Gasteiger partial charge in [0.05, 0.1) is 11.1 Å². The fourth-order valence-electron chi connectivity index (χ4n) is 2.60. The Morgan fingerprint density at radius 2 is 1.95 bits per heavy atom. The van der Waals surface area contributed by atoms with Crippen LogP contribution in [0.1, 0.15) is 11.4 Å². The molecule has 1 radical (unpaired) electrons. The quantitative estimate of drug-likeness (QED) is 0.521. The van der Waals surface area contributed by atoms with Crippen molar-refractivity contribution >= 4 is 21.6 Å². The molecule has 4 heteroatoms. The largest absolute Gasteiger partial charge is 0.463 e. The summed E-state index contributed by atoms with van der Waals surface area (Å²) in [6, 6.07) is 12.2. The zero-order valence-corrected chi connectivity index (χ0v) is 13.1. The van der Waals surface area contributed by atoms with E-state index in [1.54, 1.807) is 17.6 Å². The minimum atomic E-state index is 0.732. The minimum absolute atomic E-state index is 0.732. The summed E-state index contributed by atoms with van der Waals surface area (Å²) in [4.78, 5) is 10.8. The number of thiophene rings is 1. The molecule has 0 saturated heterocycles. The van der Waals surface area contributed by atoms with E-state index in [1.165, 1.54) is 11.1 Å². The van der Waals surface area contributed by atoms with Crippen LogP contribution in [0.3, 0.4) is 0 Å². The second-order valence-corrected chi connectivity index (χ2v) is 6.16. The smallest absolute Gasteiger partial charge is 0.144 e. The van der Waals surface area contributed by atoms with Gasteiger partial charge in [0.25, 0.3) is 0 Å². The maximum Gasteiger partial charge on any atom is 0.144 e. The number of furan rings is 1. The maximum absolute atomic E-state index is 5.63. The molecule has 3 nitrogen and oxygen atoms in total. The van der Waals surface area contributed by atoms with E-state index in [0.717, 1.165) is 32.2 Å². The van der Waals surface area contributed by atoms with Crippen molar-refractivity contribution in [2.45, 2.75) is 13.8 Å². The molecule has 0 atom stereocenters. The lowest BCUT2D eigenvalue weighted by molar-refractivity contribution is 0.584. The van der Waals surface area contributed by atoms with Gasteiger partial charge in [-0.1, -0.05) is 24.3 Å². The molecule has 0 N–H and O–H groups in total. The number of hydrogen-bond acceptors (Lipinski definition) is 4. The summed E-state index contributed by atoms with van der Waals surface area (Å²) in [5.41, 5.74) is 3.49. The summed E-state index contributed by atoms with van der Waals surface area (Å²) in [6.45, 7) is 4.00. The first-order chi connectivity index (χ1) is 10.7. The van der Waals surface area contributed by atoms with Gasteiger partial charge in [-0.15, -0.1) is 11.3 Å². The van der Waals surface area contributed by atoms with Crippen LogP contribution in [0.15, 0.2) is 47.1 Å². The van der Waals surface area contributed by atoms with Crippen LogP contribution in [0.5, 0.6) is 0 Å². The van der Waals surface area contributed by atoms with Crippen molar-refractivity contribution in [1.82, 2.24) is 9.97 Å². The Morgan fingerprint density at radius 3 is 2.73 bits per heavy atom. The topological polar surface area (TPSA) is 38.9 Å². The normalized spacial score (nSPS) is 11.2. The van der Waals surface area contributed by atoms with Gasteiger partial charge in [-0.2, -0.15) is 0 Å². The van der Waals surface area contributed by atoms with E-state index in [2.05, 4.69) is 35.2 Å². The predicted octanol–water partition coefficient (Wildman–Crippen LogP) is 5.04. The van der Waals surface area contributed by atoms with Gasteiger partial charge < -0.3 is 4.42 Å². The van der Waals surface area contributed by atoms with E-state index in [0.29, 0.717) is 0 Å². The van der Waals surface area contributed by atoms with Crippen LogP contribution < -0.4 is 0 Å². The third kappa shape index (κ3) is 2.04. The molecular weight excluding hydrogens is 292 g/mol. The molecule has 3 aromatic heterocycles. The van der Waals surface area contributed by atoms with E-state index in [4.69, 9.17) is 4.42 Å². The Labute approximate surface area is 132 Å². The Balaban J connectivity index is 2.11. The number of benzene rings is 1. The summed E-state index contributed by atoms with van der Waals surface area (Å²) >= 11 is 1.62. The fourth-order valence-corrected chi connectivity index (χ4v) is 3.75. The van der Waals surface area contributed by atoms with Crippen molar-refractivity contribution in [2.24, 2.45) is 0 Å². The molecule has 4 rings (SSSR count). The van der Waals surface area contributed by atoms with Gasteiger partial charge >= 0.3 is 0 Å². The van der Waals surface area contributed by atoms with E-state index >= 15 is 0 Å². The van der Waals surface area contributed by atoms with E-state index in [1.807, 2.05) is 31.2 Å². The van der Waals surface area contributed by atoms with Crippen molar-refractivity contribution in [2.75, 3.05) is 0 Å². The molecule has 0 fully saturated rings. The molecule has 1 aromatic carbocycles. The first kappa shape index (κ1) is 13.2. The van der Waals surface area contributed by atoms with Gasteiger partial charge in [-0.05, 0) is 37.1 Å². The third-order valence-electron chi connectivity index (χ3n) is 3.64. The van der Waals surface area contributed by atoms with Crippen LogP contribution in [-0.2, 0) is 0 Å². The summed E-state index contributed by atoms with van der Waals surface area (Å²) in [7, 11) is 0. The van der Waals surface area contributed by atoms with Gasteiger partial charge in [-0.3, -0.25) is 0 Å². The molecule has 0 unspecified atom stereocenters. The lowest BCUT2D eigenvalue weighted by Gasteiger charge is -2.06. The molecule has 22 heavy (non-hydrogen) atoms. The van der Waals surface area contributed by atoms with Crippen molar-refractivity contribution in [3.05, 3.63) is 60.2 Å². The Bertz CT molecular complexity index is 955. The fraction of sp³-hybridized carbons (Fsp3) is 0.111. The van der Waals surface area contributed by atoms with Gasteiger partial charge in [-0.25, -0.2) is 9.97 Å². The van der Waals surface area contributed by atoms with Crippen molar-refractivity contribution in [3.8, 4) is 21.8 Å². The number of fused-ring (bicyclic) bond motifs is 1. The Kier molecular flexibility index (Phi) is 3.05. The molecule has 3 heterocycles. The summed E-state index contributed by atoms with van der Waals surface area (Å²) in [5.74, 6) is 1.59. The molecule has 0 saturated carbocycles. The van der Waals surface area contributed by atoms with Crippen LogP contribution in [0.25, 0.3) is 32.0 Å². The second kappa shape index (κ2) is 5.07. The van der Waals surface area contributed by atoms with Gasteiger partial charge in [0.15, 0.2) is 0 Å². The van der Waals surface area contributed by atoms with E-state index in [9.17, 15) is 0 Å². The van der Waals surface area contributed by atoms with Crippen LogP contribution in [0.2, 0.25) is 0 Å².